The van der Waals surface area contributed by atoms with E-state index in [1.165, 1.54) is 23.7 Å². The zero-order chi connectivity index (χ0) is 26.1. The number of nitrogens with zero attached hydrogens (tertiary/aromatic N) is 6. The Hall–Kier alpha value is -4.63. The Labute approximate surface area is 223 Å². The number of nitrogens with one attached hydrogen (secondary N) is 2. The number of pyridine rings is 1. The fourth-order valence-electron chi connectivity index (χ4n) is 6.32. The number of hydrogen-bond donors (Lipinski definition) is 2. The van der Waals surface area contributed by atoms with Crippen LogP contribution in [0.25, 0.3) is 50.2 Å². The maximum absolute atomic E-state index is 14.6. The molecule has 6 aromatic rings. The first-order chi connectivity index (χ1) is 19.2. The number of H-pyrrole nitrogens is 1. The van der Waals surface area contributed by atoms with Gasteiger partial charge in [-0.3, -0.25) is 10.1 Å². The van der Waals surface area contributed by atoms with E-state index in [1.54, 1.807) is 24.7 Å². The number of aryl methyl sites for hydroxylation is 1. The van der Waals surface area contributed by atoms with Crippen molar-refractivity contribution in [3.63, 3.8) is 0 Å². The van der Waals surface area contributed by atoms with E-state index in [0.29, 0.717) is 28.6 Å². The third-order valence-electron chi connectivity index (χ3n) is 8.18. The Bertz CT molecular complexity index is 1880. The van der Waals surface area contributed by atoms with Crippen molar-refractivity contribution >= 4 is 22.2 Å². The first-order valence-corrected chi connectivity index (χ1v) is 13.2. The van der Waals surface area contributed by atoms with Gasteiger partial charge in [-0.25, -0.2) is 13.9 Å². The highest BCUT2D eigenvalue weighted by atomic mass is 19.1. The summed E-state index contributed by atoms with van der Waals surface area (Å²) in [6.45, 7) is 4.26. The molecule has 9 heteroatoms. The highest BCUT2D eigenvalue weighted by Crippen LogP contribution is 2.40. The maximum atomic E-state index is 14.6. The van der Waals surface area contributed by atoms with Crippen LogP contribution in [0.5, 0.6) is 0 Å². The largest absolute Gasteiger partial charge is 0.366 e. The van der Waals surface area contributed by atoms with Gasteiger partial charge in [0.05, 0.1) is 17.5 Å². The van der Waals surface area contributed by atoms with E-state index in [1.807, 2.05) is 28.9 Å². The van der Waals surface area contributed by atoms with Gasteiger partial charge in [-0.2, -0.15) is 10.2 Å². The van der Waals surface area contributed by atoms with E-state index in [9.17, 15) is 4.39 Å². The molecular weight excluding hydrogens is 491 g/mol. The van der Waals surface area contributed by atoms with Crippen molar-refractivity contribution in [3.8, 4) is 33.6 Å². The van der Waals surface area contributed by atoms with Gasteiger partial charge in [0.2, 0.25) is 0 Å². The van der Waals surface area contributed by atoms with E-state index in [-0.39, 0.29) is 5.82 Å². The molecule has 192 valence electrons. The standard InChI is InChI=1S/C30H25FN8/c1-17-12-20(38-16-19-13-21(38)14-34-19)2-3-22(17)26-8-11-33-30-27(23-4-5-25(31)29-24(23)15-35-36-29)28(37-39(26)30)18-6-9-32-10-7-18/h2-12,15,19,21,34H,13-14,16H2,1H3,(H,35,36). The molecule has 2 unspecified atom stereocenters. The summed E-state index contributed by atoms with van der Waals surface area (Å²) in [6, 6.07) is 17.0. The molecule has 8 nitrogen and oxygen atoms in total. The van der Waals surface area contributed by atoms with E-state index >= 15 is 0 Å². The number of hydrogen-bond acceptors (Lipinski definition) is 6. The van der Waals surface area contributed by atoms with Crippen LogP contribution in [0.4, 0.5) is 10.1 Å². The number of rotatable bonds is 4. The van der Waals surface area contributed by atoms with Crippen LogP contribution in [0, 0.1) is 12.7 Å². The zero-order valence-electron chi connectivity index (χ0n) is 21.3. The zero-order valence-corrected chi connectivity index (χ0v) is 21.3. The Balaban J connectivity index is 1.33. The van der Waals surface area contributed by atoms with Crippen LogP contribution in [0.3, 0.4) is 0 Å². The van der Waals surface area contributed by atoms with E-state index in [4.69, 9.17) is 10.1 Å². The lowest BCUT2D eigenvalue weighted by Gasteiger charge is -2.30. The first-order valence-electron chi connectivity index (χ1n) is 13.2. The van der Waals surface area contributed by atoms with E-state index in [2.05, 4.69) is 50.5 Å². The van der Waals surface area contributed by atoms with Crippen molar-refractivity contribution in [2.75, 3.05) is 18.0 Å². The second-order valence-electron chi connectivity index (χ2n) is 10.4. The summed E-state index contributed by atoms with van der Waals surface area (Å²) in [4.78, 5) is 11.5. The van der Waals surface area contributed by atoms with Crippen molar-refractivity contribution < 1.29 is 4.39 Å². The van der Waals surface area contributed by atoms with E-state index in [0.717, 1.165) is 46.7 Å². The average molecular weight is 517 g/mol. The van der Waals surface area contributed by atoms with Crippen LogP contribution < -0.4 is 10.2 Å². The quantitative estimate of drug-likeness (QED) is 0.343. The van der Waals surface area contributed by atoms with Gasteiger partial charge in [-0.1, -0.05) is 12.1 Å². The van der Waals surface area contributed by atoms with Crippen molar-refractivity contribution in [2.45, 2.75) is 25.4 Å². The van der Waals surface area contributed by atoms with Gasteiger partial charge in [-0.15, -0.1) is 0 Å². The normalized spacial score (nSPS) is 18.6. The summed E-state index contributed by atoms with van der Waals surface area (Å²) >= 11 is 0. The van der Waals surface area contributed by atoms with Crippen molar-refractivity contribution in [1.82, 2.24) is 35.1 Å². The molecule has 39 heavy (non-hydrogen) atoms. The smallest absolute Gasteiger partial charge is 0.164 e. The van der Waals surface area contributed by atoms with Crippen LogP contribution in [0.15, 0.2) is 73.3 Å². The first kappa shape index (κ1) is 22.4. The number of anilines is 1. The van der Waals surface area contributed by atoms with Gasteiger partial charge in [0.15, 0.2) is 5.65 Å². The summed E-state index contributed by atoms with van der Waals surface area (Å²) in [5.74, 6) is -0.348. The van der Waals surface area contributed by atoms with Gasteiger partial charge < -0.3 is 10.2 Å². The number of fused-ring (bicyclic) bond motifs is 4. The predicted molar refractivity (Wildman–Crippen MR) is 149 cm³/mol. The predicted octanol–water partition coefficient (Wildman–Crippen LogP) is 5.00. The topological polar surface area (TPSA) is 87.0 Å². The molecule has 4 aromatic heterocycles. The molecular formula is C30H25FN8. The third kappa shape index (κ3) is 3.39. The van der Waals surface area contributed by atoms with E-state index < -0.39 is 0 Å². The third-order valence-corrected chi connectivity index (χ3v) is 8.18. The van der Waals surface area contributed by atoms with Crippen LogP contribution >= 0.6 is 0 Å². The van der Waals surface area contributed by atoms with Crippen molar-refractivity contribution in [2.24, 2.45) is 0 Å². The molecule has 2 aliphatic heterocycles. The Morgan fingerprint density at radius 3 is 2.67 bits per heavy atom. The molecule has 6 heterocycles. The molecule has 2 atom stereocenters. The maximum Gasteiger partial charge on any atom is 0.164 e. The average Bonchev–Trinajstić information content (AvgIpc) is 3.77. The summed E-state index contributed by atoms with van der Waals surface area (Å²) in [5.41, 5.74) is 8.84. The minimum absolute atomic E-state index is 0.348. The number of aromatic amines is 1. The Kier molecular flexibility index (Phi) is 4.84. The SMILES string of the molecule is Cc1cc(N2CC3CC2CN3)ccc1-c1ccnc2c(-c3ccc(F)c4[nH]ncc34)c(-c3ccncc3)nn12. The van der Waals surface area contributed by atoms with Crippen molar-refractivity contribution in [1.29, 1.82) is 0 Å². The molecule has 0 radical (unpaired) electrons. The Morgan fingerprint density at radius 2 is 1.87 bits per heavy atom. The molecule has 0 saturated carbocycles. The Morgan fingerprint density at radius 1 is 1.00 bits per heavy atom. The number of halogens is 1. The molecule has 0 spiro atoms. The van der Waals surface area contributed by atoms with Gasteiger partial charge in [0, 0.05) is 66.0 Å². The van der Waals surface area contributed by atoms with Gasteiger partial charge >= 0.3 is 0 Å². The van der Waals surface area contributed by atoms with Crippen molar-refractivity contribution in [3.05, 3.63) is 84.7 Å². The monoisotopic (exact) mass is 516 g/mol. The molecule has 2 fully saturated rings. The molecule has 2 aromatic carbocycles. The fraction of sp³-hybridized carbons (Fsp3) is 0.200. The summed E-state index contributed by atoms with van der Waals surface area (Å²) in [7, 11) is 0. The summed E-state index contributed by atoms with van der Waals surface area (Å²) < 4.78 is 16.5. The van der Waals surface area contributed by atoms with Crippen LogP contribution in [-0.4, -0.2) is 55.0 Å². The molecule has 0 amide bonds. The van der Waals surface area contributed by atoms with Crippen LogP contribution in [0.1, 0.15) is 12.0 Å². The second kappa shape index (κ2) is 8.44. The van der Waals surface area contributed by atoms with Crippen LogP contribution in [-0.2, 0) is 0 Å². The lowest BCUT2D eigenvalue weighted by molar-refractivity contribution is 0.580. The molecule has 8 rings (SSSR count). The number of aromatic nitrogens is 6. The molecule has 2 bridgehead atoms. The lowest BCUT2D eigenvalue weighted by atomic mass is 9.98. The minimum Gasteiger partial charge on any atom is -0.366 e. The lowest BCUT2D eigenvalue weighted by Crippen LogP contribution is -2.43. The van der Waals surface area contributed by atoms with Gasteiger partial charge in [-0.05, 0) is 60.9 Å². The summed E-state index contributed by atoms with van der Waals surface area (Å²) in [6.07, 6.45) is 8.19. The fourth-order valence-corrected chi connectivity index (χ4v) is 6.32. The highest BCUT2D eigenvalue weighted by molar-refractivity contribution is 6.03. The second-order valence-corrected chi connectivity index (χ2v) is 10.4. The minimum atomic E-state index is -0.348. The number of piperazine rings is 1. The summed E-state index contributed by atoms with van der Waals surface area (Å²) in [5, 5.41) is 16.3. The van der Waals surface area contributed by atoms with Crippen LogP contribution in [0.2, 0.25) is 0 Å². The number of benzene rings is 2. The molecule has 2 N–H and O–H groups in total. The van der Waals surface area contributed by atoms with Gasteiger partial charge in [0.1, 0.15) is 17.0 Å². The van der Waals surface area contributed by atoms with Gasteiger partial charge in [0.25, 0.3) is 0 Å². The molecule has 2 saturated heterocycles. The highest BCUT2D eigenvalue weighted by Gasteiger charge is 2.37. The molecule has 2 aliphatic rings. The molecule has 0 aliphatic carbocycles.